The normalized spacial score (nSPS) is 20.8. The third-order valence-electron chi connectivity index (χ3n) is 3.52. The van der Waals surface area contributed by atoms with Crippen molar-refractivity contribution in [3.05, 3.63) is 12.4 Å². The fraction of sp³-hybridized carbons (Fsp3) is 0.692. The third kappa shape index (κ3) is 3.84. The molecule has 0 aromatic carbocycles. The van der Waals surface area contributed by atoms with Crippen molar-refractivity contribution in [3.8, 4) is 0 Å². The maximum atomic E-state index is 5.53. The third-order valence-corrected chi connectivity index (χ3v) is 3.52. The van der Waals surface area contributed by atoms with Gasteiger partial charge in [0.05, 0.1) is 18.1 Å². The predicted molar refractivity (Wildman–Crippen MR) is 74.4 cm³/mol. The van der Waals surface area contributed by atoms with Gasteiger partial charge in [-0.15, -0.1) is 0 Å². The lowest BCUT2D eigenvalue weighted by Crippen LogP contribution is -2.38. The van der Waals surface area contributed by atoms with Crippen LogP contribution in [-0.2, 0) is 0 Å². The van der Waals surface area contributed by atoms with E-state index in [1.807, 2.05) is 0 Å². The summed E-state index contributed by atoms with van der Waals surface area (Å²) in [7, 11) is 0. The molecule has 18 heavy (non-hydrogen) atoms. The number of anilines is 2. The monoisotopic (exact) mass is 249 g/mol. The number of hydrogen-bond acceptors (Lipinski definition) is 5. The molecular weight excluding hydrogens is 226 g/mol. The molecule has 0 saturated carbocycles. The van der Waals surface area contributed by atoms with Gasteiger partial charge in [-0.05, 0) is 32.7 Å². The van der Waals surface area contributed by atoms with E-state index in [-0.39, 0.29) is 0 Å². The van der Waals surface area contributed by atoms with E-state index in [0.29, 0.717) is 11.6 Å². The molecule has 0 aliphatic carbocycles. The molecule has 0 radical (unpaired) electrons. The van der Waals surface area contributed by atoms with Gasteiger partial charge in [0.15, 0.2) is 0 Å². The van der Waals surface area contributed by atoms with Crippen LogP contribution >= 0.6 is 0 Å². The molecule has 1 unspecified atom stereocenters. The number of aromatic nitrogens is 2. The highest BCUT2D eigenvalue weighted by Crippen LogP contribution is 2.16. The van der Waals surface area contributed by atoms with Crippen LogP contribution in [0.25, 0.3) is 0 Å². The summed E-state index contributed by atoms with van der Waals surface area (Å²) in [6.07, 6.45) is 8.45. The summed E-state index contributed by atoms with van der Waals surface area (Å²) in [5.41, 5.74) is 6.13. The van der Waals surface area contributed by atoms with Crippen molar-refractivity contribution in [1.82, 2.24) is 14.9 Å². The van der Waals surface area contributed by atoms with E-state index in [0.717, 1.165) is 25.6 Å². The Morgan fingerprint density at radius 2 is 2.17 bits per heavy atom. The lowest BCUT2D eigenvalue weighted by molar-refractivity contribution is 0.160. The number of likely N-dealkylation sites (tertiary alicyclic amines) is 1. The summed E-state index contributed by atoms with van der Waals surface area (Å²) in [6.45, 7) is 5.64. The average Bonchev–Trinajstić information content (AvgIpc) is 2.39. The summed E-state index contributed by atoms with van der Waals surface area (Å²) in [5, 5.41) is 3.22. The topological polar surface area (TPSA) is 67.1 Å². The maximum Gasteiger partial charge on any atom is 0.222 e. The quantitative estimate of drug-likeness (QED) is 0.778. The first kappa shape index (κ1) is 13.1. The summed E-state index contributed by atoms with van der Waals surface area (Å²) < 4.78 is 0. The van der Waals surface area contributed by atoms with Gasteiger partial charge >= 0.3 is 0 Å². The van der Waals surface area contributed by atoms with Crippen LogP contribution in [0.3, 0.4) is 0 Å². The van der Waals surface area contributed by atoms with Gasteiger partial charge in [0, 0.05) is 19.1 Å². The van der Waals surface area contributed by atoms with Crippen molar-refractivity contribution in [2.75, 3.05) is 30.7 Å². The van der Waals surface area contributed by atoms with Crippen LogP contribution in [0.2, 0.25) is 0 Å². The first-order valence-corrected chi connectivity index (χ1v) is 6.81. The van der Waals surface area contributed by atoms with Gasteiger partial charge in [-0.2, -0.15) is 0 Å². The Morgan fingerprint density at radius 3 is 2.89 bits per heavy atom. The summed E-state index contributed by atoms with van der Waals surface area (Å²) in [4.78, 5) is 10.8. The molecule has 1 aliphatic rings. The van der Waals surface area contributed by atoms with E-state index in [4.69, 9.17) is 5.73 Å². The summed E-state index contributed by atoms with van der Waals surface area (Å²) in [5.74, 6) is 0.663. The van der Waals surface area contributed by atoms with E-state index in [1.165, 1.54) is 25.8 Å². The molecule has 0 spiro atoms. The minimum Gasteiger partial charge on any atom is -0.396 e. The van der Waals surface area contributed by atoms with Gasteiger partial charge < -0.3 is 16.0 Å². The zero-order chi connectivity index (χ0) is 12.8. The SMILES string of the molecule is CC1CCCCN1CCCNc1ncc(N)cn1. The first-order valence-electron chi connectivity index (χ1n) is 6.81. The Kier molecular flexibility index (Phi) is 4.75. The molecular formula is C13H23N5. The summed E-state index contributed by atoms with van der Waals surface area (Å²) in [6, 6.07) is 0.742. The molecule has 100 valence electrons. The second kappa shape index (κ2) is 6.54. The van der Waals surface area contributed by atoms with Gasteiger partial charge in [-0.1, -0.05) is 6.42 Å². The number of nitrogens with zero attached hydrogens (tertiary/aromatic N) is 3. The fourth-order valence-electron chi connectivity index (χ4n) is 2.40. The van der Waals surface area contributed by atoms with Crippen molar-refractivity contribution >= 4 is 11.6 Å². The fourth-order valence-corrected chi connectivity index (χ4v) is 2.40. The van der Waals surface area contributed by atoms with Crippen molar-refractivity contribution in [1.29, 1.82) is 0 Å². The van der Waals surface area contributed by atoms with Gasteiger partial charge in [0.25, 0.3) is 0 Å². The number of nitrogens with one attached hydrogen (secondary N) is 1. The van der Waals surface area contributed by atoms with Crippen molar-refractivity contribution in [2.45, 2.75) is 38.6 Å². The highest BCUT2D eigenvalue weighted by molar-refractivity contribution is 5.35. The molecule has 1 atom stereocenters. The molecule has 0 bridgehead atoms. The lowest BCUT2D eigenvalue weighted by Gasteiger charge is -2.33. The van der Waals surface area contributed by atoms with Gasteiger partial charge in [0.1, 0.15) is 0 Å². The minimum absolute atomic E-state index is 0.600. The second-order valence-electron chi connectivity index (χ2n) is 5.00. The van der Waals surface area contributed by atoms with E-state index < -0.39 is 0 Å². The molecule has 1 fully saturated rings. The molecule has 0 amide bonds. The zero-order valence-electron chi connectivity index (χ0n) is 11.1. The van der Waals surface area contributed by atoms with E-state index >= 15 is 0 Å². The maximum absolute atomic E-state index is 5.53. The largest absolute Gasteiger partial charge is 0.396 e. The van der Waals surface area contributed by atoms with E-state index in [2.05, 4.69) is 27.1 Å². The van der Waals surface area contributed by atoms with Crippen molar-refractivity contribution in [2.24, 2.45) is 0 Å². The van der Waals surface area contributed by atoms with Gasteiger partial charge in [0.2, 0.25) is 5.95 Å². The van der Waals surface area contributed by atoms with Gasteiger partial charge in [-0.3, -0.25) is 0 Å². The molecule has 1 saturated heterocycles. The van der Waals surface area contributed by atoms with Crippen LogP contribution in [0.1, 0.15) is 32.6 Å². The average molecular weight is 249 g/mol. The van der Waals surface area contributed by atoms with E-state index in [9.17, 15) is 0 Å². The number of nitrogens with two attached hydrogens (primary N) is 1. The molecule has 3 N–H and O–H groups in total. The van der Waals surface area contributed by atoms with Crippen LogP contribution in [0, 0.1) is 0 Å². The van der Waals surface area contributed by atoms with Gasteiger partial charge in [-0.25, -0.2) is 9.97 Å². The molecule has 2 heterocycles. The molecule has 1 aliphatic heterocycles. The lowest BCUT2D eigenvalue weighted by atomic mass is 10.0. The Morgan fingerprint density at radius 1 is 1.39 bits per heavy atom. The van der Waals surface area contributed by atoms with Crippen LogP contribution in [0.15, 0.2) is 12.4 Å². The number of nitrogen functional groups attached to an aromatic ring is 1. The Labute approximate surface area is 109 Å². The first-order chi connectivity index (χ1) is 8.75. The number of hydrogen-bond donors (Lipinski definition) is 2. The van der Waals surface area contributed by atoms with Crippen LogP contribution in [0.4, 0.5) is 11.6 Å². The van der Waals surface area contributed by atoms with Crippen LogP contribution in [-0.4, -0.2) is 40.5 Å². The van der Waals surface area contributed by atoms with Crippen molar-refractivity contribution < 1.29 is 0 Å². The van der Waals surface area contributed by atoms with Crippen LogP contribution < -0.4 is 11.1 Å². The molecule has 1 aromatic heterocycles. The zero-order valence-corrected chi connectivity index (χ0v) is 11.1. The predicted octanol–water partition coefficient (Wildman–Crippen LogP) is 1.74. The molecule has 1 aromatic rings. The highest BCUT2D eigenvalue weighted by Gasteiger charge is 2.16. The Hall–Kier alpha value is -1.36. The van der Waals surface area contributed by atoms with E-state index in [1.54, 1.807) is 12.4 Å². The molecule has 5 nitrogen and oxygen atoms in total. The number of piperidine rings is 1. The smallest absolute Gasteiger partial charge is 0.222 e. The summed E-state index contributed by atoms with van der Waals surface area (Å²) >= 11 is 0. The standard InChI is InChI=1S/C13H23N5/c1-11-5-2-3-7-18(11)8-4-6-15-13-16-9-12(14)10-17-13/h9-11H,2-8,14H2,1H3,(H,15,16,17). The van der Waals surface area contributed by atoms with Crippen molar-refractivity contribution in [3.63, 3.8) is 0 Å². The minimum atomic E-state index is 0.600. The molecule has 5 heteroatoms. The Balaban J connectivity index is 1.65. The highest BCUT2D eigenvalue weighted by atomic mass is 15.2. The molecule has 2 rings (SSSR count). The Bertz CT molecular complexity index is 351. The second-order valence-corrected chi connectivity index (χ2v) is 5.00. The van der Waals surface area contributed by atoms with Crippen LogP contribution in [0.5, 0.6) is 0 Å². The number of rotatable bonds is 5.